The number of aryl methyl sites for hydroxylation is 2. The van der Waals surface area contributed by atoms with Crippen LogP contribution in [-0.4, -0.2) is 22.9 Å². The molecule has 4 nitrogen and oxygen atoms in total. The number of carbonyl (C=O) groups is 2. The molecule has 0 saturated heterocycles. The van der Waals surface area contributed by atoms with Gasteiger partial charge in [0, 0.05) is 28.9 Å². The summed E-state index contributed by atoms with van der Waals surface area (Å²) in [5.41, 5.74) is 3.83. The number of ketones is 1. The number of hydrogen-bond acceptors (Lipinski definition) is 4. The third kappa shape index (κ3) is 3.56. The zero-order valence-electron chi connectivity index (χ0n) is 15.3. The van der Waals surface area contributed by atoms with Crippen molar-refractivity contribution in [3.05, 3.63) is 44.4 Å². The molecule has 0 radical (unpaired) electrons. The van der Waals surface area contributed by atoms with Gasteiger partial charge in [0.1, 0.15) is 4.88 Å². The van der Waals surface area contributed by atoms with Crippen LogP contribution in [0.5, 0.6) is 0 Å². The van der Waals surface area contributed by atoms with Crippen molar-refractivity contribution in [3.8, 4) is 0 Å². The van der Waals surface area contributed by atoms with E-state index in [0.29, 0.717) is 10.4 Å². The van der Waals surface area contributed by atoms with Crippen LogP contribution in [0.1, 0.15) is 61.6 Å². The molecule has 0 aliphatic heterocycles. The smallest absolute Gasteiger partial charge is 0.348 e. The normalized spacial score (nSPS) is 16.6. The highest BCUT2D eigenvalue weighted by Gasteiger charge is 2.23. The molecule has 3 rings (SSSR count). The first-order chi connectivity index (χ1) is 11.9. The van der Waals surface area contributed by atoms with Gasteiger partial charge in [-0.25, -0.2) is 4.79 Å². The number of fused-ring (bicyclic) bond motifs is 1. The first-order valence-electron chi connectivity index (χ1n) is 8.85. The Hall–Kier alpha value is -1.88. The molecule has 0 aromatic carbocycles. The van der Waals surface area contributed by atoms with Gasteiger partial charge >= 0.3 is 5.97 Å². The van der Waals surface area contributed by atoms with Crippen molar-refractivity contribution in [2.75, 3.05) is 6.61 Å². The van der Waals surface area contributed by atoms with Crippen LogP contribution in [0.2, 0.25) is 0 Å². The van der Waals surface area contributed by atoms with E-state index in [1.807, 2.05) is 37.6 Å². The van der Waals surface area contributed by atoms with Crippen LogP contribution >= 0.6 is 11.3 Å². The van der Waals surface area contributed by atoms with Crippen LogP contribution < -0.4 is 0 Å². The molecule has 1 aliphatic rings. The van der Waals surface area contributed by atoms with Crippen LogP contribution in [0, 0.1) is 19.8 Å². The Balaban J connectivity index is 1.64. The molecule has 2 aromatic heterocycles. The SMILES string of the molecule is CC[C@@H]1CCc2sc(C(=O)OCC(=O)c3cc(C)n(C)c3C)cc2C1. The first kappa shape index (κ1) is 17.9. The van der Waals surface area contributed by atoms with E-state index in [2.05, 4.69) is 6.92 Å². The highest BCUT2D eigenvalue weighted by molar-refractivity contribution is 7.14. The van der Waals surface area contributed by atoms with Crippen LogP contribution in [-0.2, 0) is 24.6 Å². The molecule has 5 heteroatoms. The maximum atomic E-state index is 12.4. The van der Waals surface area contributed by atoms with E-state index in [-0.39, 0.29) is 18.4 Å². The van der Waals surface area contributed by atoms with E-state index < -0.39 is 0 Å². The second-order valence-corrected chi connectivity index (χ2v) is 8.06. The van der Waals surface area contributed by atoms with Gasteiger partial charge in [0.2, 0.25) is 5.78 Å². The Morgan fingerprint density at radius 3 is 2.72 bits per heavy atom. The van der Waals surface area contributed by atoms with Crippen molar-refractivity contribution in [3.63, 3.8) is 0 Å². The number of aromatic nitrogens is 1. The van der Waals surface area contributed by atoms with Gasteiger partial charge in [-0.1, -0.05) is 13.3 Å². The molecule has 2 aromatic rings. The van der Waals surface area contributed by atoms with Gasteiger partial charge < -0.3 is 9.30 Å². The average Bonchev–Trinajstić information content (AvgIpc) is 3.15. The minimum absolute atomic E-state index is 0.151. The summed E-state index contributed by atoms with van der Waals surface area (Å²) in [6.45, 7) is 5.87. The topological polar surface area (TPSA) is 48.3 Å². The number of Topliss-reactive ketones (excluding diaryl/α,β-unsaturated/α-hetero) is 1. The molecular weight excluding hydrogens is 334 g/mol. The lowest BCUT2D eigenvalue weighted by atomic mass is 9.87. The molecule has 0 fully saturated rings. The van der Waals surface area contributed by atoms with E-state index in [9.17, 15) is 9.59 Å². The van der Waals surface area contributed by atoms with E-state index in [1.165, 1.54) is 34.6 Å². The monoisotopic (exact) mass is 359 g/mol. The molecule has 25 heavy (non-hydrogen) atoms. The predicted molar refractivity (Wildman–Crippen MR) is 99.6 cm³/mol. The summed E-state index contributed by atoms with van der Waals surface area (Å²) in [5.74, 6) is 0.185. The maximum Gasteiger partial charge on any atom is 0.348 e. The lowest BCUT2D eigenvalue weighted by molar-refractivity contribution is 0.0479. The van der Waals surface area contributed by atoms with E-state index in [0.717, 1.165) is 30.1 Å². The Labute approximate surface area is 152 Å². The average molecular weight is 359 g/mol. The van der Waals surface area contributed by atoms with Gasteiger partial charge in [-0.15, -0.1) is 11.3 Å². The van der Waals surface area contributed by atoms with Crippen LogP contribution in [0.25, 0.3) is 0 Å². The summed E-state index contributed by atoms with van der Waals surface area (Å²) >= 11 is 1.52. The minimum atomic E-state index is -0.383. The molecule has 0 unspecified atom stereocenters. The summed E-state index contributed by atoms with van der Waals surface area (Å²) in [4.78, 5) is 26.6. The van der Waals surface area contributed by atoms with Gasteiger partial charge in [-0.3, -0.25) is 4.79 Å². The number of carbonyl (C=O) groups excluding carboxylic acids is 2. The van der Waals surface area contributed by atoms with Gasteiger partial charge in [0.05, 0.1) is 0 Å². The minimum Gasteiger partial charge on any atom is -0.453 e. The molecule has 1 aliphatic carbocycles. The molecule has 0 amide bonds. The number of rotatable bonds is 5. The molecule has 0 bridgehead atoms. The molecule has 2 heterocycles. The fourth-order valence-corrected chi connectivity index (χ4v) is 4.57. The number of esters is 1. The lowest BCUT2D eigenvalue weighted by Crippen LogP contribution is -2.14. The van der Waals surface area contributed by atoms with Crippen LogP contribution in [0.15, 0.2) is 12.1 Å². The molecule has 134 valence electrons. The Bertz CT molecular complexity index is 815. The predicted octanol–water partition coefficient (Wildman–Crippen LogP) is 4.26. The van der Waals surface area contributed by atoms with E-state index in [1.54, 1.807) is 0 Å². The standard InChI is InChI=1S/C20H25NO3S/c1-5-14-6-7-18-15(9-14)10-19(25-18)20(23)24-11-17(22)16-8-12(2)21(4)13(16)3/h8,10,14H,5-7,9,11H2,1-4H3/t14-/m1/s1. The van der Waals surface area contributed by atoms with Crippen molar-refractivity contribution in [1.29, 1.82) is 0 Å². The van der Waals surface area contributed by atoms with Gasteiger partial charge in [-0.05, 0) is 56.7 Å². The number of ether oxygens (including phenoxy) is 1. The van der Waals surface area contributed by atoms with Gasteiger partial charge in [0.25, 0.3) is 0 Å². The molecule has 1 atom stereocenters. The van der Waals surface area contributed by atoms with E-state index >= 15 is 0 Å². The first-order valence-corrected chi connectivity index (χ1v) is 9.67. The van der Waals surface area contributed by atoms with Gasteiger partial charge in [0.15, 0.2) is 6.61 Å². The van der Waals surface area contributed by atoms with Gasteiger partial charge in [-0.2, -0.15) is 0 Å². The summed E-state index contributed by atoms with van der Waals surface area (Å²) in [6.07, 6.45) is 4.48. The quantitative estimate of drug-likeness (QED) is 0.592. The van der Waals surface area contributed by atoms with Crippen molar-refractivity contribution >= 4 is 23.1 Å². The second-order valence-electron chi connectivity index (χ2n) is 6.92. The highest BCUT2D eigenvalue weighted by Crippen LogP contribution is 2.33. The Morgan fingerprint density at radius 1 is 1.32 bits per heavy atom. The number of nitrogens with zero attached hydrogens (tertiary/aromatic N) is 1. The fourth-order valence-electron chi connectivity index (χ4n) is 3.47. The van der Waals surface area contributed by atoms with Crippen LogP contribution in [0.4, 0.5) is 0 Å². The third-order valence-electron chi connectivity index (χ3n) is 5.37. The summed E-state index contributed by atoms with van der Waals surface area (Å²) < 4.78 is 7.26. The second kappa shape index (κ2) is 7.16. The molecule has 0 spiro atoms. The summed E-state index contributed by atoms with van der Waals surface area (Å²) in [5, 5.41) is 0. The fraction of sp³-hybridized carbons (Fsp3) is 0.500. The van der Waals surface area contributed by atoms with Crippen molar-refractivity contribution in [1.82, 2.24) is 4.57 Å². The summed E-state index contributed by atoms with van der Waals surface area (Å²) in [7, 11) is 1.92. The van der Waals surface area contributed by atoms with Crippen molar-refractivity contribution in [2.24, 2.45) is 13.0 Å². The number of thiophene rings is 1. The zero-order valence-corrected chi connectivity index (χ0v) is 16.2. The maximum absolute atomic E-state index is 12.4. The highest BCUT2D eigenvalue weighted by atomic mass is 32.1. The summed E-state index contributed by atoms with van der Waals surface area (Å²) in [6, 6.07) is 3.81. The number of hydrogen-bond donors (Lipinski definition) is 0. The third-order valence-corrected chi connectivity index (χ3v) is 6.59. The van der Waals surface area contributed by atoms with Crippen molar-refractivity contribution in [2.45, 2.75) is 46.5 Å². The lowest BCUT2D eigenvalue weighted by Gasteiger charge is -2.19. The van der Waals surface area contributed by atoms with Crippen LogP contribution in [0.3, 0.4) is 0 Å². The molecular formula is C20H25NO3S. The van der Waals surface area contributed by atoms with Crippen molar-refractivity contribution < 1.29 is 14.3 Å². The molecule has 0 saturated carbocycles. The Kier molecular flexibility index (Phi) is 5.13. The Morgan fingerprint density at radius 2 is 2.08 bits per heavy atom. The van der Waals surface area contributed by atoms with E-state index in [4.69, 9.17) is 4.74 Å². The zero-order chi connectivity index (χ0) is 18.1. The largest absolute Gasteiger partial charge is 0.453 e. The molecule has 0 N–H and O–H groups in total.